The molecule has 0 radical (unpaired) electrons. The lowest BCUT2D eigenvalue weighted by molar-refractivity contribution is -0.132. The Morgan fingerprint density at radius 1 is 1.03 bits per heavy atom. The van der Waals surface area contributed by atoms with Gasteiger partial charge >= 0.3 is 0 Å². The summed E-state index contributed by atoms with van der Waals surface area (Å²) in [5.41, 5.74) is 5.75. The van der Waals surface area contributed by atoms with E-state index in [0.717, 1.165) is 47.8 Å². The van der Waals surface area contributed by atoms with E-state index in [4.69, 9.17) is 0 Å². The van der Waals surface area contributed by atoms with Crippen LogP contribution in [0.5, 0.6) is 0 Å². The van der Waals surface area contributed by atoms with Crippen LogP contribution in [0.4, 0.5) is 0 Å². The number of benzene rings is 2. The van der Waals surface area contributed by atoms with Gasteiger partial charge in [0.2, 0.25) is 0 Å². The molecule has 2 amide bonds. The number of hydrogen-bond acceptors (Lipinski definition) is 3. The third-order valence-corrected chi connectivity index (χ3v) is 6.46. The van der Waals surface area contributed by atoms with Gasteiger partial charge in [-0.3, -0.25) is 14.8 Å². The first-order chi connectivity index (χ1) is 15.7. The molecule has 6 heteroatoms. The van der Waals surface area contributed by atoms with Gasteiger partial charge in [0.15, 0.2) is 0 Å². The first kappa shape index (κ1) is 22.1. The molecule has 2 heterocycles. The first-order valence-electron chi connectivity index (χ1n) is 11.5. The quantitative estimate of drug-likeness (QED) is 0.303. The zero-order chi connectivity index (χ0) is 22.5. The van der Waals surface area contributed by atoms with Gasteiger partial charge in [-0.05, 0) is 24.6 Å². The molecule has 4 rings (SSSR count). The van der Waals surface area contributed by atoms with Crippen molar-refractivity contribution in [2.75, 3.05) is 6.54 Å². The van der Waals surface area contributed by atoms with Crippen LogP contribution in [0.15, 0.2) is 54.6 Å². The molecule has 0 bridgehead atoms. The normalized spacial score (nSPS) is 14.2. The van der Waals surface area contributed by atoms with Crippen molar-refractivity contribution < 1.29 is 14.8 Å². The average molecular weight is 434 g/mol. The van der Waals surface area contributed by atoms with Crippen LogP contribution < -0.4 is 5.48 Å². The molecular weight excluding hydrogens is 402 g/mol. The Labute approximate surface area is 188 Å². The van der Waals surface area contributed by atoms with Gasteiger partial charge in [-0.2, -0.15) is 0 Å². The fourth-order valence-corrected chi connectivity index (χ4v) is 4.85. The molecule has 1 atom stereocenters. The van der Waals surface area contributed by atoms with Crippen molar-refractivity contribution in [2.45, 2.75) is 58.0 Å². The third kappa shape index (κ3) is 4.28. The lowest BCUT2D eigenvalue weighted by atomic mass is 10.0. The van der Waals surface area contributed by atoms with E-state index in [2.05, 4.69) is 17.6 Å². The van der Waals surface area contributed by atoms with Crippen LogP contribution in [0.25, 0.3) is 10.9 Å². The molecule has 1 aliphatic heterocycles. The highest BCUT2D eigenvalue weighted by atomic mass is 16.5. The molecule has 0 saturated heterocycles. The second-order valence-electron chi connectivity index (χ2n) is 8.50. The Bertz CT molecular complexity index is 1090. The van der Waals surface area contributed by atoms with Crippen molar-refractivity contribution in [3.05, 3.63) is 71.4 Å². The summed E-state index contributed by atoms with van der Waals surface area (Å²) in [5, 5.41) is 10.5. The Morgan fingerprint density at radius 2 is 1.78 bits per heavy atom. The van der Waals surface area contributed by atoms with Crippen molar-refractivity contribution in [1.29, 1.82) is 0 Å². The van der Waals surface area contributed by atoms with E-state index >= 15 is 0 Å². The molecule has 6 nitrogen and oxygen atoms in total. The van der Waals surface area contributed by atoms with Crippen LogP contribution >= 0.6 is 0 Å². The largest absolute Gasteiger partial charge is 0.334 e. The van der Waals surface area contributed by atoms with Gasteiger partial charge in [-0.15, -0.1) is 0 Å². The maximum atomic E-state index is 13.1. The van der Waals surface area contributed by atoms with Crippen molar-refractivity contribution in [2.24, 2.45) is 0 Å². The first-order valence-corrected chi connectivity index (χ1v) is 11.5. The Hall–Kier alpha value is -3.12. The number of amides is 2. The van der Waals surface area contributed by atoms with Gasteiger partial charge in [0.1, 0.15) is 6.04 Å². The molecule has 168 valence electrons. The maximum absolute atomic E-state index is 13.1. The number of aromatic nitrogens is 1. The van der Waals surface area contributed by atoms with Crippen molar-refractivity contribution in [1.82, 2.24) is 14.9 Å². The number of para-hydroxylation sites is 1. The fraction of sp³-hybridized carbons (Fsp3) is 0.385. The predicted octanol–water partition coefficient (Wildman–Crippen LogP) is 4.86. The van der Waals surface area contributed by atoms with Gasteiger partial charge in [0, 0.05) is 47.2 Å². The highest BCUT2D eigenvalue weighted by molar-refractivity contribution is 5.95. The molecular formula is C26H31N3O3. The zero-order valence-electron chi connectivity index (χ0n) is 18.6. The molecule has 0 fully saturated rings. The smallest absolute Gasteiger partial charge is 0.266 e. The molecule has 1 aromatic heterocycles. The van der Waals surface area contributed by atoms with E-state index in [1.807, 2.05) is 58.9 Å². The third-order valence-electron chi connectivity index (χ3n) is 6.46. The van der Waals surface area contributed by atoms with Crippen LogP contribution in [0.2, 0.25) is 0 Å². The predicted molar refractivity (Wildman–Crippen MR) is 125 cm³/mol. The summed E-state index contributed by atoms with van der Waals surface area (Å²) < 4.78 is 2.10. The monoisotopic (exact) mass is 433 g/mol. The molecule has 0 aliphatic carbocycles. The number of nitrogens with zero attached hydrogens (tertiary/aromatic N) is 2. The number of fused-ring (bicyclic) bond motifs is 3. The number of carbonyl (C=O) groups is 2. The molecule has 1 aliphatic rings. The SMILES string of the molecule is CCCCCCC(C(=O)NO)n1c2c(c3ccccc31)CN(C(=O)c1ccccc1)CC2. The molecule has 2 aromatic carbocycles. The molecule has 3 aromatic rings. The zero-order valence-corrected chi connectivity index (χ0v) is 18.6. The number of hydroxylamine groups is 1. The van der Waals surface area contributed by atoms with Crippen LogP contribution in [-0.2, 0) is 17.8 Å². The van der Waals surface area contributed by atoms with Crippen LogP contribution in [0, 0.1) is 0 Å². The highest BCUT2D eigenvalue weighted by Gasteiger charge is 2.31. The van der Waals surface area contributed by atoms with Crippen LogP contribution in [0.3, 0.4) is 0 Å². The Balaban J connectivity index is 1.70. The minimum atomic E-state index is -0.470. The summed E-state index contributed by atoms with van der Waals surface area (Å²) in [6.45, 7) is 3.27. The fourth-order valence-electron chi connectivity index (χ4n) is 4.85. The number of carbonyl (C=O) groups excluding carboxylic acids is 2. The van der Waals surface area contributed by atoms with Crippen molar-refractivity contribution in [3.8, 4) is 0 Å². The molecule has 32 heavy (non-hydrogen) atoms. The van der Waals surface area contributed by atoms with E-state index in [1.165, 1.54) is 0 Å². The van der Waals surface area contributed by atoms with Gasteiger partial charge in [-0.25, -0.2) is 5.48 Å². The van der Waals surface area contributed by atoms with E-state index in [1.54, 1.807) is 0 Å². The summed E-state index contributed by atoms with van der Waals surface area (Å²) in [6, 6.07) is 16.9. The Kier molecular flexibility index (Phi) is 6.90. The summed E-state index contributed by atoms with van der Waals surface area (Å²) in [6.07, 6.45) is 5.59. The standard InChI is InChI=1S/C26H31N3O3/c1-2-3-4-8-15-24(25(30)27-32)29-22-14-10-9-13-20(22)21-18-28(17-16-23(21)29)26(31)19-11-6-5-7-12-19/h5-7,9-14,24,32H,2-4,8,15-18H2,1H3,(H,27,30). The van der Waals surface area contributed by atoms with Gasteiger partial charge in [0.05, 0.1) is 0 Å². The molecule has 0 spiro atoms. The number of hydrogen-bond donors (Lipinski definition) is 2. The topological polar surface area (TPSA) is 74.6 Å². The highest BCUT2D eigenvalue weighted by Crippen LogP contribution is 2.35. The minimum Gasteiger partial charge on any atom is -0.334 e. The van der Waals surface area contributed by atoms with Crippen LogP contribution in [-0.4, -0.2) is 33.0 Å². The van der Waals surface area contributed by atoms with Crippen molar-refractivity contribution >= 4 is 22.7 Å². The minimum absolute atomic E-state index is 0.0253. The van der Waals surface area contributed by atoms with Crippen LogP contribution in [0.1, 0.15) is 66.7 Å². The number of unbranched alkanes of at least 4 members (excludes halogenated alkanes) is 3. The van der Waals surface area contributed by atoms with Gasteiger partial charge < -0.3 is 9.47 Å². The Morgan fingerprint density at radius 3 is 2.53 bits per heavy atom. The number of nitrogens with one attached hydrogen (secondary N) is 1. The lowest BCUT2D eigenvalue weighted by Gasteiger charge is -2.30. The average Bonchev–Trinajstić information content (AvgIpc) is 3.17. The summed E-state index contributed by atoms with van der Waals surface area (Å²) >= 11 is 0. The molecule has 1 unspecified atom stereocenters. The van der Waals surface area contributed by atoms with E-state index in [0.29, 0.717) is 31.5 Å². The second-order valence-corrected chi connectivity index (χ2v) is 8.50. The van der Waals surface area contributed by atoms with Gasteiger partial charge in [0.25, 0.3) is 11.8 Å². The van der Waals surface area contributed by atoms with Gasteiger partial charge in [-0.1, -0.05) is 69.0 Å². The molecule has 2 N–H and O–H groups in total. The van der Waals surface area contributed by atoms with E-state index in [9.17, 15) is 14.8 Å². The van der Waals surface area contributed by atoms with Crippen molar-refractivity contribution in [3.63, 3.8) is 0 Å². The van der Waals surface area contributed by atoms with E-state index < -0.39 is 6.04 Å². The molecule has 0 saturated carbocycles. The maximum Gasteiger partial charge on any atom is 0.266 e. The number of rotatable bonds is 8. The van der Waals surface area contributed by atoms with E-state index in [-0.39, 0.29) is 11.8 Å². The summed E-state index contributed by atoms with van der Waals surface area (Å²) in [5.74, 6) is -0.356. The lowest BCUT2D eigenvalue weighted by Crippen LogP contribution is -2.37. The second kappa shape index (κ2) is 10.0. The summed E-state index contributed by atoms with van der Waals surface area (Å²) in [7, 11) is 0. The summed E-state index contributed by atoms with van der Waals surface area (Å²) in [4.78, 5) is 27.7.